The van der Waals surface area contributed by atoms with Crippen LogP contribution in [0.5, 0.6) is 17.2 Å². The molecule has 2 aromatic rings. The Morgan fingerprint density at radius 2 is 1.89 bits per heavy atom. The Bertz CT molecular complexity index is 638. The SMILES string of the molecule is COc1cc(C=O)cc(-c2cc(F)ccc2O)c1O. The molecule has 0 saturated heterocycles. The van der Waals surface area contributed by atoms with Crippen LogP contribution in [0.15, 0.2) is 30.3 Å². The van der Waals surface area contributed by atoms with E-state index in [1.54, 1.807) is 0 Å². The second-order valence-electron chi connectivity index (χ2n) is 3.90. The number of rotatable bonds is 3. The van der Waals surface area contributed by atoms with Gasteiger partial charge in [-0.05, 0) is 30.3 Å². The van der Waals surface area contributed by atoms with Crippen molar-refractivity contribution in [3.63, 3.8) is 0 Å². The first-order valence-electron chi connectivity index (χ1n) is 5.42. The van der Waals surface area contributed by atoms with E-state index in [4.69, 9.17) is 4.74 Å². The molecule has 0 amide bonds. The van der Waals surface area contributed by atoms with Gasteiger partial charge in [-0.25, -0.2) is 4.39 Å². The van der Waals surface area contributed by atoms with E-state index in [-0.39, 0.29) is 33.9 Å². The molecule has 19 heavy (non-hydrogen) atoms. The van der Waals surface area contributed by atoms with Gasteiger partial charge < -0.3 is 14.9 Å². The van der Waals surface area contributed by atoms with E-state index >= 15 is 0 Å². The maximum absolute atomic E-state index is 13.2. The lowest BCUT2D eigenvalue weighted by Gasteiger charge is -2.11. The molecule has 0 unspecified atom stereocenters. The summed E-state index contributed by atoms with van der Waals surface area (Å²) in [5.74, 6) is -0.971. The summed E-state index contributed by atoms with van der Waals surface area (Å²) in [6.07, 6.45) is 0.571. The topological polar surface area (TPSA) is 66.8 Å². The first kappa shape index (κ1) is 12.9. The van der Waals surface area contributed by atoms with Crippen LogP contribution >= 0.6 is 0 Å². The summed E-state index contributed by atoms with van der Waals surface area (Å²) in [5.41, 5.74) is 0.450. The number of benzene rings is 2. The first-order chi connectivity index (χ1) is 9.06. The van der Waals surface area contributed by atoms with E-state index in [1.165, 1.54) is 25.3 Å². The maximum atomic E-state index is 13.2. The molecule has 0 aliphatic rings. The van der Waals surface area contributed by atoms with Gasteiger partial charge in [0, 0.05) is 16.7 Å². The Morgan fingerprint density at radius 3 is 2.53 bits per heavy atom. The third-order valence-electron chi connectivity index (χ3n) is 2.70. The van der Waals surface area contributed by atoms with Crippen molar-refractivity contribution < 1.29 is 24.1 Å². The highest BCUT2D eigenvalue weighted by atomic mass is 19.1. The van der Waals surface area contributed by atoms with Crippen molar-refractivity contribution in [2.45, 2.75) is 0 Å². The van der Waals surface area contributed by atoms with E-state index in [0.717, 1.165) is 12.1 Å². The largest absolute Gasteiger partial charge is 0.507 e. The monoisotopic (exact) mass is 262 g/mol. The van der Waals surface area contributed by atoms with Gasteiger partial charge in [0.15, 0.2) is 11.5 Å². The smallest absolute Gasteiger partial charge is 0.165 e. The number of methoxy groups -OCH3 is 1. The molecule has 0 heterocycles. The number of phenols is 2. The minimum atomic E-state index is -0.567. The Morgan fingerprint density at radius 1 is 1.16 bits per heavy atom. The van der Waals surface area contributed by atoms with Crippen molar-refractivity contribution in [1.29, 1.82) is 0 Å². The Labute approximate surface area is 108 Å². The molecule has 2 N–H and O–H groups in total. The molecule has 0 aliphatic carbocycles. The predicted octanol–water partition coefficient (Wildman–Crippen LogP) is 2.73. The molecular formula is C14H11FO4. The van der Waals surface area contributed by atoms with Crippen LogP contribution in [-0.2, 0) is 0 Å². The van der Waals surface area contributed by atoms with E-state index < -0.39 is 5.82 Å². The molecule has 2 rings (SSSR count). The summed E-state index contributed by atoms with van der Waals surface area (Å²) >= 11 is 0. The lowest BCUT2D eigenvalue weighted by Crippen LogP contribution is -1.91. The molecule has 0 aromatic heterocycles. The summed E-state index contributed by atoms with van der Waals surface area (Å²) < 4.78 is 18.2. The Kier molecular flexibility index (Phi) is 3.37. The van der Waals surface area contributed by atoms with Gasteiger partial charge in [0.2, 0.25) is 0 Å². The highest BCUT2D eigenvalue weighted by Gasteiger charge is 2.15. The van der Waals surface area contributed by atoms with E-state index in [1.807, 2.05) is 0 Å². The van der Waals surface area contributed by atoms with Crippen LogP contribution < -0.4 is 4.74 Å². The van der Waals surface area contributed by atoms with Crippen LogP contribution in [0.2, 0.25) is 0 Å². The fourth-order valence-electron chi connectivity index (χ4n) is 1.78. The fourth-order valence-corrected chi connectivity index (χ4v) is 1.78. The van der Waals surface area contributed by atoms with E-state index in [0.29, 0.717) is 6.29 Å². The van der Waals surface area contributed by atoms with Crippen molar-refractivity contribution in [3.05, 3.63) is 41.7 Å². The third-order valence-corrected chi connectivity index (χ3v) is 2.70. The number of hydrogen-bond donors (Lipinski definition) is 2. The molecule has 98 valence electrons. The maximum Gasteiger partial charge on any atom is 0.165 e. The quantitative estimate of drug-likeness (QED) is 0.834. The molecular weight excluding hydrogens is 251 g/mol. The van der Waals surface area contributed by atoms with Crippen LogP contribution in [0.25, 0.3) is 11.1 Å². The van der Waals surface area contributed by atoms with Crippen molar-refractivity contribution >= 4 is 6.29 Å². The van der Waals surface area contributed by atoms with Gasteiger partial charge in [-0.1, -0.05) is 0 Å². The van der Waals surface area contributed by atoms with E-state index in [9.17, 15) is 19.4 Å². The summed E-state index contributed by atoms with van der Waals surface area (Å²) in [7, 11) is 1.33. The third kappa shape index (κ3) is 2.35. The number of carbonyl (C=O) groups excluding carboxylic acids is 1. The molecule has 0 radical (unpaired) electrons. The van der Waals surface area contributed by atoms with Gasteiger partial charge in [-0.3, -0.25) is 4.79 Å². The number of carbonyl (C=O) groups is 1. The molecule has 0 bridgehead atoms. The van der Waals surface area contributed by atoms with Crippen molar-refractivity contribution in [3.8, 4) is 28.4 Å². The Balaban J connectivity index is 2.73. The number of aldehydes is 1. The molecule has 0 spiro atoms. The fraction of sp³-hybridized carbons (Fsp3) is 0.0714. The average Bonchev–Trinajstić information content (AvgIpc) is 2.42. The van der Waals surface area contributed by atoms with Gasteiger partial charge in [0.1, 0.15) is 17.9 Å². The Hall–Kier alpha value is -2.56. The highest BCUT2D eigenvalue weighted by molar-refractivity contribution is 5.85. The van der Waals surface area contributed by atoms with Gasteiger partial charge in [0.05, 0.1) is 7.11 Å². The van der Waals surface area contributed by atoms with Gasteiger partial charge >= 0.3 is 0 Å². The standard InChI is InChI=1S/C14H11FO4/c1-19-13-5-8(7-16)4-11(14(13)18)10-6-9(15)2-3-12(10)17/h2-7,17-18H,1H3. The lowest BCUT2D eigenvalue weighted by molar-refractivity contribution is 0.112. The zero-order valence-corrected chi connectivity index (χ0v) is 10.1. The number of aromatic hydroxyl groups is 2. The normalized spacial score (nSPS) is 10.2. The summed E-state index contributed by atoms with van der Waals surface area (Å²) in [6, 6.07) is 6.03. The van der Waals surface area contributed by atoms with Gasteiger partial charge in [-0.15, -0.1) is 0 Å². The minimum Gasteiger partial charge on any atom is -0.507 e. The van der Waals surface area contributed by atoms with Crippen LogP contribution in [0, 0.1) is 5.82 Å². The van der Waals surface area contributed by atoms with Crippen LogP contribution in [0.4, 0.5) is 4.39 Å². The summed E-state index contributed by atoms with van der Waals surface area (Å²) in [6.45, 7) is 0. The number of ether oxygens (including phenoxy) is 1. The van der Waals surface area contributed by atoms with Gasteiger partial charge in [0.25, 0.3) is 0 Å². The summed E-state index contributed by atoms with van der Waals surface area (Å²) in [5, 5.41) is 19.7. The second-order valence-corrected chi connectivity index (χ2v) is 3.90. The molecule has 0 atom stereocenters. The molecule has 0 fully saturated rings. The molecule has 0 aliphatic heterocycles. The molecule has 5 heteroatoms. The van der Waals surface area contributed by atoms with Crippen LogP contribution in [-0.4, -0.2) is 23.6 Å². The zero-order valence-electron chi connectivity index (χ0n) is 10.1. The second kappa shape index (κ2) is 4.97. The first-order valence-corrected chi connectivity index (χ1v) is 5.42. The molecule has 4 nitrogen and oxygen atoms in total. The van der Waals surface area contributed by atoms with Crippen LogP contribution in [0.3, 0.4) is 0 Å². The van der Waals surface area contributed by atoms with Crippen molar-refractivity contribution in [2.24, 2.45) is 0 Å². The number of halogens is 1. The van der Waals surface area contributed by atoms with Crippen molar-refractivity contribution in [1.82, 2.24) is 0 Å². The number of phenolic OH excluding ortho intramolecular Hbond substituents is 2. The van der Waals surface area contributed by atoms with Gasteiger partial charge in [-0.2, -0.15) is 0 Å². The van der Waals surface area contributed by atoms with E-state index in [2.05, 4.69) is 0 Å². The molecule has 0 saturated carbocycles. The zero-order chi connectivity index (χ0) is 14.0. The number of hydrogen-bond acceptors (Lipinski definition) is 4. The minimum absolute atomic E-state index is 0.0725. The predicted molar refractivity (Wildman–Crippen MR) is 67.1 cm³/mol. The summed E-state index contributed by atoms with van der Waals surface area (Å²) in [4.78, 5) is 10.8. The average molecular weight is 262 g/mol. The lowest BCUT2D eigenvalue weighted by atomic mass is 10.0. The molecule has 2 aromatic carbocycles. The highest BCUT2D eigenvalue weighted by Crippen LogP contribution is 2.41. The van der Waals surface area contributed by atoms with Crippen molar-refractivity contribution in [2.75, 3.05) is 7.11 Å². The van der Waals surface area contributed by atoms with Crippen LogP contribution in [0.1, 0.15) is 10.4 Å².